The number of guanidine groups is 1. The van der Waals surface area contributed by atoms with Crippen molar-refractivity contribution < 1.29 is 9.59 Å². The number of aliphatic imine (C=N–C) groups is 1. The molecule has 0 aliphatic rings. The van der Waals surface area contributed by atoms with E-state index in [1.807, 2.05) is 0 Å². The molecule has 0 rings (SSSR count). The summed E-state index contributed by atoms with van der Waals surface area (Å²) in [6.07, 6.45) is 28.1. The number of hydrogen-bond donors (Lipinski definition) is 5. The average Bonchev–Trinajstić information content (AvgIpc) is 3.02. The minimum Gasteiger partial charge on any atom is -0.370 e. The molecule has 1 amide bonds. The number of nitrogens with zero attached hydrogens (tertiary/aromatic N) is 2. The van der Waals surface area contributed by atoms with E-state index in [2.05, 4.69) is 18.8 Å². The maximum absolute atomic E-state index is 13.8. The maximum atomic E-state index is 13.8. The van der Waals surface area contributed by atoms with Crippen molar-refractivity contribution in [2.24, 2.45) is 33.7 Å². The Labute approximate surface area is 271 Å². The lowest BCUT2D eigenvalue weighted by Crippen LogP contribution is -2.68. The van der Waals surface area contributed by atoms with Crippen molar-refractivity contribution in [1.29, 1.82) is 0 Å². The SMILES string of the molecule is CCCCCCCCCCCCCCN(CCCCCCCCCCCC)C(=O)C(N)(CN)C(=O)[C@@H](N)CCCN=C(N)N. The Morgan fingerprint density at radius 2 is 1.00 bits per heavy atom. The first-order chi connectivity index (χ1) is 21.2. The molecule has 2 atom stereocenters. The molecule has 0 radical (unpaired) electrons. The van der Waals surface area contributed by atoms with Crippen molar-refractivity contribution in [2.45, 2.75) is 180 Å². The normalized spacial score (nSPS) is 13.4. The quantitative estimate of drug-likeness (QED) is 0.0262. The fraction of sp³-hybridized carbons (Fsp3) is 0.914. The number of amides is 1. The van der Waals surface area contributed by atoms with E-state index in [0.717, 1.165) is 25.7 Å². The lowest BCUT2D eigenvalue weighted by atomic mass is 9.87. The zero-order valence-corrected chi connectivity index (χ0v) is 29.0. The summed E-state index contributed by atoms with van der Waals surface area (Å²) < 4.78 is 0. The maximum Gasteiger partial charge on any atom is 0.251 e. The van der Waals surface area contributed by atoms with Crippen LogP contribution in [0.3, 0.4) is 0 Å². The second kappa shape index (κ2) is 28.7. The first kappa shape index (κ1) is 42.3. The average molecular weight is 624 g/mol. The van der Waals surface area contributed by atoms with Crippen molar-refractivity contribution in [1.82, 2.24) is 4.90 Å². The zero-order valence-electron chi connectivity index (χ0n) is 29.0. The van der Waals surface area contributed by atoms with Gasteiger partial charge in [-0.15, -0.1) is 0 Å². The highest BCUT2D eigenvalue weighted by Crippen LogP contribution is 2.17. The molecule has 0 spiro atoms. The van der Waals surface area contributed by atoms with Crippen LogP contribution >= 0.6 is 0 Å². The molecule has 9 nitrogen and oxygen atoms in total. The molecule has 44 heavy (non-hydrogen) atoms. The van der Waals surface area contributed by atoms with E-state index in [0.29, 0.717) is 32.5 Å². The molecule has 0 saturated heterocycles. The van der Waals surface area contributed by atoms with Crippen LogP contribution in [-0.2, 0) is 9.59 Å². The highest BCUT2D eigenvalue weighted by molar-refractivity contribution is 6.12. The third-order valence-corrected chi connectivity index (χ3v) is 8.80. The summed E-state index contributed by atoms with van der Waals surface area (Å²) >= 11 is 0. The van der Waals surface area contributed by atoms with E-state index < -0.39 is 17.4 Å². The predicted octanol–water partition coefficient (Wildman–Crippen LogP) is 6.04. The van der Waals surface area contributed by atoms with E-state index in [4.69, 9.17) is 28.7 Å². The van der Waals surface area contributed by atoms with Gasteiger partial charge in [-0.25, -0.2) is 0 Å². The molecule has 1 unspecified atom stereocenters. The molecule has 10 N–H and O–H groups in total. The first-order valence-corrected chi connectivity index (χ1v) is 18.4. The van der Waals surface area contributed by atoms with Crippen LogP contribution in [-0.4, -0.2) is 60.3 Å². The number of hydrogen-bond acceptors (Lipinski definition) is 6. The molecule has 0 fully saturated rings. The fourth-order valence-corrected chi connectivity index (χ4v) is 5.81. The summed E-state index contributed by atoms with van der Waals surface area (Å²) in [6.45, 7) is 5.79. The number of carbonyl (C=O) groups is 2. The van der Waals surface area contributed by atoms with Crippen molar-refractivity contribution in [3.05, 3.63) is 0 Å². The number of rotatable bonds is 32. The monoisotopic (exact) mass is 624 g/mol. The lowest BCUT2D eigenvalue weighted by molar-refractivity contribution is -0.143. The van der Waals surface area contributed by atoms with Crippen molar-refractivity contribution in [3.63, 3.8) is 0 Å². The third kappa shape index (κ3) is 21.1. The molecule has 0 aromatic rings. The predicted molar refractivity (Wildman–Crippen MR) is 188 cm³/mol. The van der Waals surface area contributed by atoms with Crippen LogP contribution in [0, 0.1) is 0 Å². The molecule has 0 bridgehead atoms. The van der Waals surface area contributed by atoms with Gasteiger partial charge in [-0.05, 0) is 25.7 Å². The second-order valence-electron chi connectivity index (χ2n) is 13.0. The van der Waals surface area contributed by atoms with Gasteiger partial charge < -0.3 is 33.6 Å². The Balaban J connectivity index is 4.84. The minimum absolute atomic E-state index is 0.00405. The van der Waals surface area contributed by atoms with Crippen LogP contribution in [0.4, 0.5) is 0 Å². The van der Waals surface area contributed by atoms with E-state index in [1.165, 1.54) is 116 Å². The summed E-state index contributed by atoms with van der Waals surface area (Å²) in [6, 6.07) is -0.896. The molecule has 0 aliphatic heterocycles. The van der Waals surface area contributed by atoms with Gasteiger partial charge in [0.2, 0.25) is 0 Å². The molecule has 260 valence electrons. The molecule has 0 aromatic heterocycles. The zero-order chi connectivity index (χ0) is 32.9. The van der Waals surface area contributed by atoms with Gasteiger partial charge in [0, 0.05) is 26.2 Å². The van der Waals surface area contributed by atoms with Gasteiger partial charge in [0.05, 0.1) is 6.04 Å². The Kier molecular flexibility index (Phi) is 27.6. The van der Waals surface area contributed by atoms with Crippen LogP contribution in [0.2, 0.25) is 0 Å². The topological polar surface area (TPSA) is 180 Å². The van der Waals surface area contributed by atoms with Crippen molar-refractivity contribution in [2.75, 3.05) is 26.2 Å². The van der Waals surface area contributed by atoms with Crippen molar-refractivity contribution >= 4 is 17.6 Å². The molecule has 0 aromatic carbocycles. The number of carbonyl (C=O) groups excluding carboxylic acids is 2. The van der Waals surface area contributed by atoms with Gasteiger partial charge in [0.25, 0.3) is 5.91 Å². The van der Waals surface area contributed by atoms with Crippen LogP contribution in [0.1, 0.15) is 168 Å². The molecule has 0 heterocycles. The molecule has 9 heteroatoms. The smallest absolute Gasteiger partial charge is 0.251 e. The Hall–Kier alpha value is -1.71. The van der Waals surface area contributed by atoms with Gasteiger partial charge in [-0.2, -0.15) is 0 Å². The van der Waals surface area contributed by atoms with Gasteiger partial charge in [-0.3, -0.25) is 14.6 Å². The molecule has 0 saturated carbocycles. The minimum atomic E-state index is -1.81. The van der Waals surface area contributed by atoms with Gasteiger partial charge >= 0.3 is 0 Å². The van der Waals surface area contributed by atoms with Crippen LogP contribution in [0.25, 0.3) is 0 Å². The highest BCUT2D eigenvalue weighted by Gasteiger charge is 2.45. The van der Waals surface area contributed by atoms with E-state index in [-0.39, 0.29) is 18.4 Å². The summed E-state index contributed by atoms with van der Waals surface area (Å²) in [7, 11) is 0. The first-order valence-electron chi connectivity index (χ1n) is 18.4. The molecular formula is C35H73N7O2. The number of Topliss-reactive ketones (excluding diaryl/α,β-unsaturated/α-hetero) is 1. The van der Waals surface area contributed by atoms with Crippen LogP contribution in [0.5, 0.6) is 0 Å². The summed E-state index contributed by atoms with van der Waals surface area (Å²) in [5, 5.41) is 0. The van der Waals surface area contributed by atoms with E-state index in [9.17, 15) is 9.59 Å². The van der Waals surface area contributed by atoms with E-state index >= 15 is 0 Å². The van der Waals surface area contributed by atoms with Crippen molar-refractivity contribution in [3.8, 4) is 0 Å². The van der Waals surface area contributed by atoms with E-state index in [1.54, 1.807) is 4.90 Å². The van der Waals surface area contributed by atoms with Gasteiger partial charge in [0.15, 0.2) is 17.3 Å². The standard InChI is InChI=1S/C35H73N7O2/c1-3-5-7-9-11-13-15-16-18-20-22-24-29-42(28-23-21-19-17-14-12-10-8-6-4-2)33(44)35(40,30-36)32(43)31(37)26-25-27-41-34(38)39/h31H,3-30,36-37,40H2,1-2H3,(H4,38,39,41)/t31-,35?/m0/s1. The summed E-state index contributed by atoms with van der Waals surface area (Å²) in [5.74, 6) is -0.892. The van der Waals surface area contributed by atoms with Gasteiger partial charge in [-0.1, -0.05) is 142 Å². The Morgan fingerprint density at radius 3 is 1.34 bits per heavy atom. The van der Waals surface area contributed by atoms with Crippen LogP contribution < -0.4 is 28.7 Å². The highest BCUT2D eigenvalue weighted by atomic mass is 16.2. The van der Waals surface area contributed by atoms with Gasteiger partial charge in [0.1, 0.15) is 0 Å². The number of nitrogens with two attached hydrogens (primary N) is 5. The Bertz CT molecular complexity index is 730. The fourth-order valence-electron chi connectivity index (χ4n) is 5.81. The summed E-state index contributed by atoms with van der Waals surface area (Å²) in [5.41, 5.74) is 27.6. The number of unbranched alkanes of at least 4 members (excludes halogenated alkanes) is 20. The third-order valence-electron chi connectivity index (χ3n) is 8.80. The lowest BCUT2D eigenvalue weighted by Gasteiger charge is -2.34. The van der Waals surface area contributed by atoms with Crippen LogP contribution in [0.15, 0.2) is 4.99 Å². The molecular weight excluding hydrogens is 550 g/mol. The largest absolute Gasteiger partial charge is 0.370 e. The Morgan fingerprint density at radius 1 is 0.636 bits per heavy atom. The molecule has 0 aliphatic carbocycles. The summed E-state index contributed by atoms with van der Waals surface area (Å²) in [4.78, 5) is 32.8. The second-order valence-corrected chi connectivity index (χ2v) is 13.0. The number of ketones is 1.